The quantitative estimate of drug-likeness (QED) is 0.913. The molecule has 0 saturated carbocycles. The van der Waals surface area contributed by atoms with Crippen molar-refractivity contribution >= 4 is 11.0 Å². The van der Waals surface area contributed by atoms with Gasteiger partial charge in [-0.05, 0) is 63.0 Å². The number of likely N-dealkylation sites (tertiary alicyclic amines) is 1. The van der Waals surface area contributed by atoms with Crippen LogP contribution in [0.5, 0.6) is 0 Å². The molecule has 1 atom stereocenters. The molecular weight excluding hydrogens is 272 g/mol. The molecule has 2 aromatic rings. The Hall–Kier alpha value is -1.39. The topological polar surface area (TPSA) is 44.0 Å². The largest absolute Gasteiger partial charge is 0.341 e. The van der Waals surface area contributed by atoms with Crippen LogP contribution in [0.3, 0.4) is 0 Å². The number of hydrogen-bond acceptors (Lipinski definition) is 3. The summed E-state index contributed by atoms with van der Waals surface area (Å²) in [7, 11) is 0. The average molecular weight is 298 g/mol. The first-order valence-corrected chi connectivity index (χ1v) is 8.83. The Bertz CT molecular complexity index is 621. The summed E-state index contributed by atoms with van der Waals surface area (Å²) in [5.74, 6) is 1.12. The first kappa shape index (κ1) is 14.2. The van der Waals surface area contributed by atoms with Crippen LogP contribution in [0.25, 0.3) is 11.0 Å². The molecule has 0 aliphatic carbocycles. The maximum absolute atomic E-state index is 4.79. The molecule has 2 aliphatic rings. The third kappa shape index (κ3) is 3.03. The minimum absolute atomic E-state index is 0.409. The molecule has 2 N–H and O–H groups in total. The van der Waals surface area contributed by atoms with Crippen molar-refractivity contribution in [2.75, 3.05) is 19.6 Å². The molecule has 0 spiro atoms. The molecular formula is C18H26N4. The van der Waals surface area contributed by atoms with Gasteiger partial charge in [-0.15, -0.1) is 0 Å². The van der Waals surface area contributed by atoms with Gasteiger partial charge in [0.05, 0.1) is 17.1 Å². The highest BCUT2D eigenvalue weighted by atomic mass is 15.1. The number of H-pyrrole nitrogens is 1. The molecule has 4 rings (SSSR count). The molecule has 0 radical (unpaired) electrons. The number of piperidine rings is 2. The van der Waals surface area contributed by atoms with Gasteiger partial charge < -0.3 is 10.3 Å². The second-order valence-electron chi connectivity index (χ2n) is 6.81. The number of hydrogen-bond donors (Lipinski definition) is 2. The van der Waals surface area contributed by atoms with Crippen molar-refractivity contribution < 1.29 is 0 Å². The monoisotopic (exact) mass is 298 g/mol. The van der Waals surface area contributed by atoms with Gasteiger partial charge in [0.25, 0.3) is 0 Å². The van der Waals surface area contributed by atoms with Crippen molar-refractivity contribution in [3.8, 4) is 0 Å². The lowest BCUT2D eigenvalue weighted by atomic mass is 10.0. The zero-order valence-corrected chi connectivity index (χ0v) is 13.3. The average Bonchev–Trinajstić information content (AvgIpc) is 3.00. The van der Waals surface area contributed by atoms with Gasteiger partial charge in [0.1, 0.15) is 5.82 Å². The van der Waals surface area contributed by atoms with E-state index in [4.69, 9.17) is 4.98 Å². The summed E-state index contributed by atoms with van der Waals surface area (Å²) in [5, 5.41) is 3.57. The normalized spacial score (nSPS) is 23.9. The predicted molar refractivity (Wildman–Crippen MR) is 89.8 cm³/mol. The van der Waals surface area contributed by atoms with Crippen LogP contribution >= 0.6 is 0 Å². The molecule has 1 unspecified atom stereocenters. The van der Waals surface area contributed by atoms with Crippen molar-refractivity contribution in [2.45, 2.75) is 51.1 Å². The summed E-state index contributed by atoms with van der Waals surface area (Å²) in [5.41, 5.74) is 3.70. The number of benzene rings is 1. The molecule has 0 bridgehead atoms. The van der Waals surface area contributed by atoms with Crippen molar-refractivity contribution in [3.63, 3.8) is 0 Å². The molecule has 3 heterocycles. The van der Waals surface area contributed by atoms with Crippen molar-refractivity contribution in [1.82, 2.24) is 20.2 Å². The minimum atomic E-state index is 0.409. The maximum atomic E-state index is 4.79. The Morgan fingerprint density at radius 2 is 2.00 bits per heavy atom. The number of aromatic nitrogens is 2. The zero-order chi connectivity index (χ0) is 14.8. The van der Waals surface area contributed by atoms with Crippen LogP contribution in [-0.2, 0) is 6.54 Å². The lowest BCUT2D eigenvalue weighted by Crippen LogP contribution is -2.29. The second-order valence-corrected chi connectivity index (χ2v) is 6.81. The van der Waals surface area contributed by atoms with E-state index in [1.165, 1.54) is 62.7 Å². The molecule has 0 amide bonds. The first-order valence-electron chi connectivity index (χ1n) is 8.83. The van der Waals surface area contributed by atoms with Crippen molar-refractivity contribution in [3.05, 3.63) is 29.6 Å². The molecule has 2 fully saturated rings. The SMILES string of the molecule is c1cc2nc(C3CCCCN3)[nH]c2cc1CN1CCCCC1. The molecule has 22 heavy (non-hydrogen) atoms. The van der Waals surface area contributed by atoms with Gasteiger partial charge in [0.2, 0.25) is 0 Å². The lowest BCUT2D eigenvalue weighted by molar-refractivity contribution is 0.221. The van der Waals surface area contributed by atoms with E-state index in [1.54, 1.807) is 0 Å². The highest BCUT2D eigenvalue weighted by molar-refractivity contribution is 5.76. The molecule has 4 nitrogen and oxygen atoms in total. The highest BCUT2D eigenvalue weighted by Crippen LogP contribution is 2.24. The van der Waals surface area contributed by atoms with Crippen LogP contribution in [0.15, 0.2) is 18.2 Å². The fourth-order valence-electron chi connectivity index (χ4n) is 3.80. The fraction of sp³-hybridized carbons (Fsp3) is 0.611. The summed E-state index contributed by atoms with van der Waals surface area (Å²) in [6.07, 6.45) is 7.88. The molecule has 2 saturated heterocycles. The van der Waals surface area contributed by atoms with E-state index in [0.29, 0.717) is 6.04 Å². The number of rotatable bonds is 3. The van der Waals surface area contributed by atoms with Gasteiger partial charge in [0, 0.05) is 6.54 Å². The molecule has 4 heteroatoms. The number of fused-ring (bicyclic) bond motifs is 1. The molecule has 118 valence electrons. The number of aromatic amines is 1. The number of imidazole rings is 1. The van der Waals surface area contributed by atoms with E-state index in [9.17, 15) is 0 Å². The van der Waals surface area contributed by atoms with Crippen LogP contribution < -0.4 is 5.32 Å². The van der Waals surface area contributed by atoms with Crippen molar-refractivity contribution in [2.24, 2.45) is 0 Å². The van der Waals surface area contributed by atoms with Gasteiger partial charge in [-0.25, -0.2) is 4.98 Å². The molecule has 1 aromatic heterocycles. The van der Waals surface area contributed by atoms with Gasteiger partial charge in [-0.3, -0.25) is 4.90 Å². The second kappa shape index (κ2) is 6.39. The van der Waals surface area contributed by atoms with E-state index < -0.39 is 0 Å². The molecule has 2 aliphatic heterocycles. The van der Waals surface area contributed by atoms with E-state index in [0.717, 1.165) is 24.4 Å². The van der Waals surface area contributed by atoms with Crippen LogP contribution in [0.4, 0.5) is 0 Å². The van der Waals surface area contributed by atoms with Crippen LogP contribution in [-0.4, -0.2) is 34.5 Å². The van der Waals surface area contributed by atoms with Crippen LogP contribution in [0.1, 0.15) is 56.0 Å². The Balaban J connectivity index is 1.52. The third-order valence-electron chi connectivity index (χ3n) is 5.06. The Morgan fingerprint density at radius 1 is 1.09 bits per heavy atom. The summed E-state index contributed by atoms with van der Waals surface area (Å²) in [6.45, 7) is 4.68. The lowest BCUT2D eigenvalue weighted by Gasteiger charge is -2.26. The first-order chi connectivity index (χ1) is 10.9. The smallest absolute Gasteiger partial charge is 0.124 e. The van der Waals surface area contributed by atoms with Gasteiger partial charge in [-0.2, -0.15) is 0 Å². The van der Waals surface area contributed by atoms with E-state index >= 15 is 0 Å². The number of nitrogens with one attached hydrogen (secondary N) is 2. The van der Waals surface area contributed by atoms with E-state index in [-0.39, 0.29) is 0 Å². The number of nitrogens with zero attached hydrogens (tertiary/aromatic N) is 2. The van der Waals surface area contributed by atoms with Crippen LogP contribution in [0.2, 0.25) is 0 Å². The zero-order valence-electron chi connectivity index (χ0n) is 13.3. The van der Waals surface area contributed by atoms with E-state index in [2.05, 4.69) is 33.4 Å². The maximum Gasteiger partial charge on any atom is 0.124 e. The summed E-state index contributed by atoms with van der Waals surface area (Å²) < 4.78 is 0. The summed E-state index contributed by atoms with van der Waals surface area (Å²) in [6, 6.07) is 7.13. The van der Waals surface area contributed by atoms with Gasteiger partial charge in [-0.1, -0.05) is 18.9 Å². The fourth-order valence-corrected chi connectivity index (χ4v) is 3.80. The van der Waals surface area contributed by atoms with Crippen LogP contribution in [0, 0.1) is 0 Å². The van der Waals surface area contributed by atoms with E-state index in [1.807, 2.05) is 0 Å². The minimum Gasteiger partial charge on any atom is -0.341 e. The van der Waals surface area contributed by atoms with Crippen molar-refractivity contribution in [1.29, 1.82) is 0 Å². The summed E-state index contributed by atoms with van der Waals surface area (Å²) in [4.78, 5) is 10.9. The Kier molecular flexibility index (Phi) is 4.13. The van der Waals surface area contributed by atoms with Gasteiger partial charge in [0.15, 0.2) is 0 Å². The van der Waals surface area contributed by atoms with Gasteiger partial charge >= 0.3 is 0 Å². The highest BCUT2D eigenvalue weighted by Gasteiger charge is 2.18. The standard InChI is InChI=1S/C18H26N4/c1-4-10-22(11-5-1)13-14-7-8-15-17(12-14)21-18(20-15)16-6-2-3-9-19-16/h7-8,12,16,19H,1-6,9-11,13H2,(H,20,21). The summed E-state index contributed by atoms with van der Waals surface area (Å²) >= 11 is 0. The third-order valence-corrected chi connectivity index (χ3v) is 5.06. The Morgan fingerprint density at radius 3 is 2.82 bits per heavy atom. The Labute approximate surface area is 132 Å². The predicted octanol–water partition coefficient (Wildman–Crippen LogP) is 3.36. The molecule has 1 aromatic carbocycles.